The molecular formula is C15H15N3O2. The molecule has 0 saturated heterocycles. The van der Waals surface area contributed by atoms with E-state index in [0.29, 0.717) is 31.4 Å². The van der Waals surface area contributed by atoms with E-state index in [1.165, 1.54) is 0 Å². The number of hydrogen-bond acceptors (Lipinski definition) is 3. The lowest BCUT2D eigenvalue weighted by Crippen LogP contribution is -2.19. The van der Waals surface area contributed by atoms with Gasteiger partial charge in [-0.3, -0.25) is 9.59 Å². The van der Waals surface area contributed by atoms with Crippen LogP contribution in [0.15, 0.2) is 36.9 Å². The van der Waals surface area contributed by atoms with Gasteiger partial charge in [0.1, 0.15) is 0 Å². The minimum absolute atomic E-state index is 0.0386. The molecule has 5 heteroatoms. The number of fused-ring (bicyclic) bond motifs is 1. The number of imidazole rings is 1. The fourth-order valence-electron chi connectivity index (χ4n) is 2.35. The number of aromatic nitrogens is 2. The van der Waals surface area contributed by atoms with Crippen LogP contribution in [0, 0.1) is 0 Å². The van der Waals surface area contributed by atoms with Crippen molar-refractivity contribution in [2.45, 2.75) is 25.8 Å². The molecule has 1 amide bonds. The van der Waals surface area contributed by atoms with Gasteiger partial charge in [-0.15, -0.1) is 0 Å². The number of ketones is 1. The Hall–Kier alpha value is -2.43. The van der Waals surface area contributed by atoms with Gasteiger partial charge in [0, 0.05) is 43.0 Å². The number of aryl methyl sites for hydroxylation is 2. The van der Waals surface area contributed by atoms with Gasteiger partial charge < -0.3 is 9.88 Å². The predicted molar refractivity (Wildman–Crippen MR) is 74.6 cm³/mol. The molecule has 102 valence electrons. The molecule has 3 rings (SSSR count). The summed E-state index contributed by atoms with van der Waals surface area (Å²) in [6.07, 6.45) is 6.88. The molecule has 0 radical (unpaired) electrons. The summed E-state index contributed by atoms with van der Waals surface area (Å²) in [6, 6.07) is 5.49. The first-order valence-electron chi connectivity index (χ1n) is 6.64. The number of rotatable bonds is 4. The quantitative estimate of drug-likeness (QED) is 0.864. The van der Waals surface area contributed by atoms with Crippen molar-refractivity contribution in [3.05, 3.63) is 48.0 Å². The number of Topliss-reactive ketones (excluding diaryl/α,β-unsaturated/α-hetero) is 1. The van der Waals surface area contributed by atoms with Gasteiger partial charge in [0.15, 0.2) is 5.78 Å². The zero-order chi connectivity index (χ0) is 13.9. The van der Waals surface area contributed by atoms with Gasteiger partial charge in [-0.1, -0.05) is 0 Å². The van der Waals surface area contributed by atoms with E-state index in [9.17, 15) is 9.59 Å². The second-order valence-electron chi connectivity index (χ2n) is 4.89. The molecule has 0 bridgehead atoms. The molecule has 1 N–H and O–H groups in total. The highest BCUT2D eigenvalue weighted by molar-refractivity contribution is 5.98. The van der Waals surface area contributed by atoms with Crippen LogP contribution in [0.3, 0.4) is 0 Å². The average molecular weight is 269 g/mol. The van der Waals surface area contributed by atoms with Crippen LogP contribution in [0.25, 0.3) is 0 Å². The third kappa shape index (κ3) is 2.61. The van der Waals surface area contributed by atoms with Crippen molar-refractivity contribution in [3.8, 4) is 0 Å². The topological polar surface area (TPSA) is 64.0 Å². The van der Waals surface area contributed by atoms with Crippen LogP contribution in [0.1, 0.15) is 28.8 Å². The van der Waals surface area contributed by atoms with Crippen LogP contribution < -0.4 is 5.32 Å². The van der Waals surface area contributed by atoms with Crippen molar-refractivity contribution < 1.29 is 9.59 Å². The van der Waals surface area contributed by atoms with Crippen molar-refractivity contribution in [1.82, 2.24) is 9.55 Å². The van der Waals surface area contributed by atoms with E-state index in [-0.39, 0.29) is 11.7 Å². The molecule has 0 fully saturated rings. The monoisotopic (exact) mass is 269 g/mol. The van der Waals surface area contributed by atoms with Crippen LogP contribution in [-0.2, 0) is 17.8 Å². The zero-order valence-corrected chi connectivity index (χ0v) is 11.0. The molecule has 0 aliphatic carbocycles. The molecule has 1 aliphatic heterocycles. The predicted octanol–water partition coefficient (Wildman–Crippen LogP) is 2.04. The number of hydrogen-bond donors (Lipinski definition) is 1. The first-order chi connectivity index (χ1) is 9.72. The molecule has 5 nitrogen and oxygen atoms in total. The van der Waals surface area contributed by atoms with Crippen LogP contribution in [0.5, 0.6) is 0 Å². The summed E-state index contributed by atoms with van der Waals surface area (Å²) in [7, 11) is 0. The van der Waals surface area contributed by atoms with Crippen molar-refractivity contribution in [2.24, 2.45) is 0 Å². The first-order valence-corrected chi connectivity index (χ1v) is 6.64. The lowest BCUT2D eigenvalue weighted by Gasteiger charge is -2.17. The second kappa shape index (κ2) is 5.28. The number of amides is 1. The summed E-state index contributed by atoms with van der Waals surface area (Å²) in [4.78, 5) is 27.4. The van der Waals surface area contributed by atoms with Crippen molar-refractivity contribution >= 4 is 17.4 Å². The molecule has 2 aromatic rings. The summed E-state index contributed by atoms with van der Waals surface area (Å²) < 4.78 is 1.89. The third-order valence-electron chi connectivity index (χ3n) is 3.48. The molecule has 2 heterocycles. The molecule has 1 aromatic carbocycles. The Labute approximate surface area is 116 Å². The van der Waals surface area contributed by atoms with E-state index in [0.717, 1.165) is 11.3 Å². The molecule has 0 saturated carbocycles. The highest BCUT2D eigenvalue weighted by atomic mass is 16.1. The number of benzene rings is 1. The maximum Gasteiger partial charge on any atom is 0.224 e. The van der Waals surface area contributed by atoms with Gasteiger partial charge in [-0.2, -0.15) is 0 Å². The smallest absolute Gasteiger partial charge is 0.224 e. The van der Waals surface area contributed by atoms with E-state index in [1.807, 2.05) is 22.9 Å². The van der Waals surface area contributed by atoms with Crippen molar-refractivity contribution in [3.63, 3.8) is 0 Å². The SMILES string of the molecule is O=C1CCc2cc(C(=O)CCn3ccnc3)ccc2N1. The van der Waals surface area contributed by atoms with E-state index in [1.54, 1.807) is 18.6 Å². The van der Waals surface area contributed by atoms with E-state index < -0.39 is 0 Å². The molecule has 0 spiro atoms. The summed E-state index contributed by atoms with van der Waals surface area (Å²) in [5.41, 5.74) is 2.57. The normalized spacial score (nSPS) is 13.7. The fourth-order valence-corrected chi connectivity index (χ4v) is 2.35. The highest BCUT2D eigenvalue weighted by Crippen LogP contribution is 2.24. The zero-order valence-electron chi connectivity index (χ0n) is 11.0. The van der Waals surface area contributed by atoms with E-state index in [2.05, 4.69) is 10.3 Å². The standard InChI is InChI=1S/C15H15N3O2/c19-14(5-7-18-8-6-16-10-18)12-1-3-13-11(9-12)2-4-15(20)17-13/h1,3,6,8-10H,2,4-5,7H2,(H,17,20). The molecular weight excluding hydrogens is 254 g/mol. The Morgan fingerprint density at radius 2 is 2.25 bits per heavy atom. The number of carbonyl (C=O) groups is 2. The number of anilines is 1. The summed E-state index contributed by atoms with van der Waals surface area (Å²) in [5.74, 6) is 0.148. The van der Waals surface area contributed by atoms with Crippen LogP contribution in [0.2, 0.25) is 0 Å². The van der Waals surface area contributed by atoms with Gasteiger partial charge in [0.05, 0.1) is 6.33 Å². The lowest BCUT2D eigenvalue weighted by molar-refractivity contribution is -0.116. The minimum Gasteiger partial charge on any atom is -0.337 e. The number of carbonyl (C=O) groups excluding carboxylic acids is 2. The molecule has 20 heavy (non-hydrogen) atoms. The number of nitrogens with zero attached hydrogens (tertiary/aromatic N) is 2. The largest absolute Gasteiger partial charge is 0.337 e. The number of nitrogens with one attached hydrogen (secondary N) is 1. The highest BCUT2D eigenvalue weighted by Gasteiger charge is 2.16. The molecule has 1 aromatic heterocycles. The van der Waals surface area contributed by atoms with E-state index >= 15 is 0 Å². The van der Waals surface area contributed by atoms with Gasteiger partial charge >= 0.3 is 0 Å². The van der Waals surface area contributed by atoms with Gasteiger partial charge in [0.25, 0.3) is 0 Å². The maximum atomic E-state index is 12.2. The average Bonchev–Trinajstić information content (AvgIpc) is 2.97. The molecule has 0 atom stereocenters. The van der Waals surface area contributed by atoms with Gasteiger partial charge in [0.2, 0.25) is 5.91 Å². The molecule has 1 aliphatic rings. The fraction of sp³-hybridized carbons (Fsp3) is 0.267. The van der Waals surface area contributed by atoms with Crippen LogP contribution in [-0.4, -0.2) is 21.2 Å². The first kappa shape index (κ1) is 12.6. The Balaban J connectivity index is 1.70. The minimum atomic E-state index is 0.0386. The second-order valence-corrected chi connectivity index (χ2v) is 4.89. The van der Waals surface area contributed by atoms with Crippen LogP contribution >= 0.6 is 0 Å². The summed E-state index contributed by atoms with van der Waals surface area (Å²) in [6.45, 7) is 0.632. The van der Waals surface area contributed by atoms with Gasteiger partial charge in [-0.05, 0) is 30.2 Å². The lowest BCUT2D eigenvalue weighted by atomic mass is 9.98. The van der Waals surface area contributed by atoms with E-state index in [4.69, 9.17) is 0 Å². The van der Waals surface area contributed by atoms with Crippen molar-refractivity contribution in [1.29, 1.82) is 0 Å². The maximum absolute atomic E-state index is 12.2. The summed E-state index contributed by atoms with van der Waals surface area (Å²) >= 11 is 0. The Bertz CT molecular complexity index is 647. The third-order valence-corrected chi connectivity index (χ3v) is 3.48. The van der Waals surface area contributed by atoms with Crippen molar-refractivity contribution in [2.75, 3.05) is 5.32 Å². The summed E-state index contributed by atoms with van der Waals surface area (Å²) in [5, 5.41) is 2.82. The Morgan fingerprint density at radius 3 is 3.05 bits per heavy atom. The Kier molecular flexibility index (Phi) is 3.33. The molecule has 0 unspecified atom stereocenters. The Morgan fingerprint density at radius 1 is 1.35 bits per heavy atom. The van der Waals surface area contributed by atoms with Gasteiger partial charge in [-0.25, -0.2) is 4.98 Å². The van der Waals surface area contributed by atoms with Crippen LogP contribution in [0.4, 0.5) is 5.69 Å².